The molecule has 1 aromatic heterocycles. The number of ether oxygens (including phenoxy) is 3. The first kappa shape index (κ1) is 28.0. The van der Waals surface area contributed by atoms with Crippen molar-refractivity contribution in [3.8, 4) is 11.5 Å². The molecule has 1 heterocycles. The minimum Gasteiger partial charge on any atom is -0.462 e. The minimum atomic E-state index is -5.12. The van der Waals surface area contributed by atoms with Crippen LogP contribution < -0.4 is 9.47 Å². The highest BCUT2D eigenvalue weighted by Gasteiger charge is 2.39. The lowest BCUT2D eigenvalue weighted by molar-refractivity contribution is -0.274. The fourth-order valence-electron chi connectivity index (χ4n) is 3.42. The average Bonchev–Trinajstić information content (AvgIpc) is 3.14. The molecule has 0 saturated heterocycles. The first-order valence-electron chi connectivity index (χ1n) is 10.6. The van der Waals surface area contributed by atoms with Crippen molar-refractivity contribution in [3.05, 3.63) is 59.7 Å². The topological polar surface area (TPSA) is 61.8 Å². The molecule has 198 valence electrons. The zero-order valence-corrected chi connectivity index (χ0v) is 20.4. The van der Waals surface area contributed by atoms with Crippen molar-refractivity contribution in [2.45, 2.75) is 39.2 Å². The van der Waals surface area contributed by atoms with Crippen LogP contribution in [0.1, 0.15) is 31.4 Å². The molecule has 0 amide bonds. The monoisotopic (exact) mass is 546 g/mol. The molecule has 0 N–H and O–H groups in total. The van der Waals surface area contributed by atoms with Gasteiger partial charge in [-0.1, -0.05) is 25.3 Å². The third kappa shape index (κ3) is 6.43. The Kier molecular flexibility index (Phi) is 7.91. The molecule has 3 rings (SSSR count). The summed E-state index contributed by atoms with van der Waals surface area (Å²) < 4.78 is 95.6. The van der Waals surface area contributed by atoms with Gasteiger partial charge in [0.2, 0.25) is 0 Å². The summed E-state index contributed by atoms with van der Waals surface area (Å²) >= 11 is 0.439. The molecule has 0 fully saturated rings. The molecule has 5 nitrogen and oxygen atoms in total. The Hall–Kier alpha value is -3.54. The molecular weight excluding hydrogens is 526 g/mol. The molecule has 0 spiro atoms. The van der Waals surface area contributed by atoms with Crippen LogP contribution in [0.5, 0.6) is 11.5 Å². The van der Waals surface area contributed by atoms with Gasteiger partial charge in [-0.3, -0.25) is 0 Å². The molecule has 0 aliphatic heterocycles. The average molecular weight is 546 g/mol. The van der Waals surface area contributed by atoms with E-state index in [4.69, 9.17) is 9.47 Å². The van der Waals surface area contributed by atoms with Gasteiger partial charge in [-0.15, -0.1) is 24.5 Å². The van der Waals surface area contributed by atoms with Gasteiger partial charge in [0.05, 0.1) is 16.0 Å². The summed E-state index contributed by atoms with van der Waals surface area (Å²) in [7, 11) is 0. The summed E-state index contributed by atoms with van der Waals surface area (Å²) in [5, 5.41) is 0.108. The smallest absolute Gasteiger partial charge is 0.462 e. The van der Waals surface area contributed by atoms with Crippen LogP contribution in [-0.4, -0.2) is 24.9 Å². The van der Waals surface area contributed by atoms with E-state index in [-0.39, 0.29) is 51.6 Å². The number of fused-ring (bicyclic) bond motifs is 3. The van der Waals surface area contributed by atoms with Crippen LogP contribution in [0, 0.1) is 0 Å². The van der Waals surface area contributed by atoms with E-state index >= 15 is 0 Å². The molecule has 0 bridgehead atoms. The molecule has 0 aliphatic rings. The Labute approximate surface area is 210 Å². The fraction of sp³-hybridized carbons (Fsp3) is 0.280. The predicted octanol–water partition coefficient (Wildman–Crippen LogP) is 7.51. The molecular formula is C25H20F6O5S. The van der Waals surface area contributed by atoms with E-state index in [0.717, 1.165) is 6.07 Å². The zero-order chi connectivity index (χ0) is 27.7. The predicted molar refractivity (Wildman–Crippen MR) is 126 cm³/mol. The van der Waals surface area contributed by atoms with Crippen molar-refractivity contribution < 1.29 is 50.1 Å². The second-order valence-corrected chi connectivity index (χ2v) is 9.10. The Morgan fingerprint density at radius 1 is 0.892 bits per heavy atom. The Bertz CT molecular complexity index is 1400. The molecule has 37 heavy (non-hydrogen) atoms. The molecule has 12 heteroatoms. The van der Waals surface area contributed by atoms with Crippen LogP contribution in [0.2, 0.25) is 0 Å². The highest BCUT2D eigenvalue weighted by molar-refractivity contribution is 7.26. The van der Waals surface area contributed by atoms with Gasteiger partial charge in [-0.05, 0) is 44.4 Å². The number of benzene rings is 2. The SMILES string of the molecule is C=C(C)C(=O)OCCCc1ccc2c(sc3c(C(F)(F)F)c(OC(=O)C(=C)C)ccc32)c1OC(F)(F)F. The number of hydrogen-bond donors (Lipinski definition) is 0. The fourth-order valence-corrected chi connectivity index (χ4v) is 4.78. The van der Waals surface area contributed by atoms with Gasteiger partial charge in [0.15, 0.2) is 0 Å². The standard InChI is InChI=1S/C25H20F6O5S/c1-12(2)22(32)34-11-5-6-14-7-8-16-15-9-10-17(35-23(33)13(3)4)18(24(26,27)28)20(15)37-21(16)19(14)36-25(29,30)31/h7-10H,1,3,5-6,11H2,2,4H3. The third-order valence-corrected chi connectivity index (χ3v) is 6.27. The van der Waals surface area contributed by atoms with Crippen molar-refractivity contribution >= 4 is 43.4 Å². The Morgan fingerprint density at radius 2 is 1.49 bits per heavy atom. The lowest BCUT2D eigenvalue weighted by Crippen LogP contribution is -2.18. The van der Waals surface area contributed by atoms with Gasteiger partial charge in [-0.25, -0.2) is 9.59 Å². The van der Waals surface area contributed by atoms with Crippen LogP contribution in [0.15, 0.2) is 48.6 Å². The summed E-state index contributed by atoms with van der Waals surface area (Å²) in [5.74, 6) is -3.18. The summed E-state index contributed by atoms with van der Waals surface area (Å²) in [6.07, 6.45) is -10.0. The largest absolute Gasteiger partial charge is 0.573 e. The molecule has 0 aliphatic carbocycles. The van der Waals surface area contributed by atoms with Crippen LogP contribution >= 0.6 is 11.3 Å². The second-order valence-electron chi connectivity index (χ2n) is 8.08. The number of thiophene rings is 1. The number of rotatable bonds is 8. The summed E-state index contributed by atoms with van der Waals surface area (Å²) in [5.41, 5.74) is -1.22. The second kappa shape index (κ2) is 10.4. The molecule has 0 saturated carbocycles. The van der Waals surface area contributed by atoms with Crippen molar-refractivity contribution in [1.29, 1.82) is 0 Å². The Balaban J connectivity index is 2.15. The maximum atomic E-state index is 14.1. The van der Waals surface area contributed by atoms with Crippen molar-refractivity contribution in [3.63, 3.8) is 0 Å². The number of halogens is 6. The minimum absolute atomic E-state index is 0.0106. The highest BCUT2D eigenvalue weighted by Crippen LogP contribution is 2.50. The Morgan fingerprint density at radius 3 is 2.05 bits per heavy atom. The quantitative estimate of drug-likeness (QED) is 0.0963. The van der Waals surface area contributed by atoms with Gasteiger partial charge in [0.1, 0.15) is 17.1 Å². The van der Waals surface area contributed by atoms with Crippen molar-refractivity contribution in [2.75, 3.05) is 6.61 Å². The third-order valence-electron chi connectivity index (χ3n) is 5.03. The molecule has 0 unspecified atom stereocenters. The molecule has 0 radical (unpaired) electrons. The number of esters is 2. The lowest BCUT2D eigenvalue weighted by atomic mass is 10.0. The number of hydrogen-bond acceptors (Lipinski definition) is 6. The first-order valence-corrected chi connectivity index (χ1v) is 11.5. The van der Waals surface area contributed by atoms with Crippen molar-refractivity contribution in [1.82, 2.24) is 0 Å². The van der Waals surface area contributed by atoms with E-state index < -0.39 is 46.2 Å². The lowest BCUT2D eigenvalue weighted by Gasteiger charge is -2.14. The number of alkyl halides is 6. The van der Waals surface area contributed by atoms with Crippen molar-refractivity contribution in [2.24, 2.45) is 0 Å². The number of carbonyl (C=O) groups excluding carboxylic acids is 2. The van der Waals surface area contributed by atoms with E-state index in [0.29, 0.717) is 11.3 Å². The van der Waals surface area contributed by atoms with E-state index in [2.05, 4.69) is 17.9 Å². The number of carbonyl (C=O) groups is 2. The molecule has 0 atom stereocenters. The van der Waals surface area contributed by atoms with Crippen LogP contribution in [-0.2, 0) is 26.9 Å². The first-order chi connectivity index (χ1) is 17.1. The van der Waals surface area contributed by atoms with Gasteiger partial charge >= 0.3 is 24.5 Å². The van der Waals surface area contributed by atoms with Gasteiger partial charge in [-0.2, -0.15) is 13.2 Å². The normalized spacial score (nSPS) is 12.0. The summed E-state index contributed by atoms with van der Waals surface area (Å²) in [4.78, 5) is 23.4. The highest BCUT2D eigenvalue weighted by atomic mass is 32.1. The van der Waals surface area contributed by atoms with E-state index in [1.807, 2.05) is 0 Å². The molecule has 3 aromatic rings. The zero-order valence-electron chi connectivity index (χ0n) is 19.6. The maximum Gasteiger partial charge on any atom is 0.573 e. The van der Waals surface area contributed by atoms with E-state index in [9.17, 15) is 35.9 Å². The summed E-state index contributed by atoms with van der Waals surface area (Å²) in [6.45, 7) is 9.35. The number of aryl methyl sites for hydroxylation is 1. The van der Waals surface area contributed by atoms with E-state index in [1.165, 1.54) is 32.0 Å². The van der Waals surface area contributed by atoms with Crippen LogP contribution in [0.4, 0.5) is 26.3 Å². The van der Waals surface area contributed by atoms with E-state index in [1.54, 1.807) is 0 Å². The van der Waals surface area contributed by atoms with Crippen LogP contribution in [0.25, 0.3) is 20.2 Å². The van der Waals surface area contributed by atoms with Gasteiger partial charge in [0.25, 0.3) is 0 Å². The van der Waals surface area contributed by atoms with Gasteiger partial charge < -0.3 is 14.2 Å². The maximum absolute atomic E-state index is 14.1. The van der Waals surface area contributed by atoms with Gasteiger partial charge in [0, 0.05) is 21.9 Å². The molecule has 2 aromatic carbocycles. The van der Waals surface area contributed by atoms with Crippen LogP contribution in [0.3, 0.4) is 0 Å². The summed E-state index contributed by atoms with van der Waals surface area (Å²) in [6, 6.07) is 4.88.